The highest BCUT2D eigenvalue weighted by Crippen LogP contribution is 2.31. The van der Waals surface area contributed by atoms with Crippen LogP contribution >= 0.6 is 11.3 Å². The van der Waals surface area contributed by atoms with Crippen LogP contribution in [0.4, 0.5) is 5.69 Å². The highest BCUT2D eigenvalue weighted by Gasteiger charge is 2.30. The van der Waals surface area contributed by atoms with E-state index in [1.807, 2.05) is 12.1 Å². The molecule has 5 rings (SSSR count). The molecular formula is C27H21N3O6S. The van der Waals surface area contributed by atoms with Gasteiger partial charge >= 0.3 is 0 Å². The summed E-state index contributed by atoms with van der Waals surface area (Å²) in [5.74, 6) is 1.47. The number of nitrogens with zero attached hydrogens (tertiary/aromatic N) is 3. The number of aromatic nitrogens is 1. The van der Waals surface area contributed by atoms with Crippen LogP contribution in [-0.4, -0.2) is 22.4 Å². The molecule has 10 heteroatoms. The lowest BCUT2D eigenvalue weighted by molar-refractivity contribution is -0.384. The molecule has 0 fully saturated rings. The summed E-state index contributed by atoms with van der Waals surface area (Å²) >= 11 is 1.21. The van der Waals surface area contributed by atoms with Crippen molar-refractivity contribution in [1.82, 2.24) is 4.57 Å². The minimum atomic E-state index is -0.617. The zero-order valence-electron chi connectivity index (χ0n) is 20.1. The molecule has 0 bridgehead atoms. The number of ether oxygens (including phenoxy) is 1. The van der Waals surface area contributed by atoms with Gasteiger partial charge in [-0.2, -0.15) is 0 Å². The van der Waals surface area contributed by atoms with Crippen molar-refractivity contribution in [3.8, 4) is 17.1 Å². The number of hydrogen-bond donors (Lipinski definition) is 0. The molecule has 186 valence electrons. The molecule has 37 heavy (non-hydrogen) atoms. The zero-order chi connectivity index (χ0) is 26.3. The normalized spacial score (nSPS) is 15.3. The van der Waals surface area contributed by atoms with E-state index in [1.54, 1.807) is 61.1 Å². The fraction of sp³-hybridized carbons (Fsp3) is 0.148. The Labute approximate surface area is 214 Å². The van der Waals surface area contributed by atoms with Gasteiger partial charge in [-0.1, -0.05) is 23.5 Å². The summed E-state index contributed by atoms with van der Waals surface area (Å²) in [7, 11) is 1.57. The van der Waals surface area contributed by atoms with Crippen LogP contribution in [0.15, 0.2) is 86.1 Å². The number of thiazole rings is 1. The van der Waals surface area contributed by atoms with Crippen molar-refractivity contribution >= 4 is 28.9 Å². The van der Waals surface area contributed by atoms with Crippen molar-refractivity contribution in [3.05, 3.63) is 113 Å². The first-order valence-electron chi connectivity index (χ1n) is 11.3. The maximum absolute atomic E-state index is 13.6. The number of furan rings is 1. The van der Waals surface area contributed by atoms with Gasteiger partial charge in [0.15, 0.2) is 10.6 Å². The molecule has 4 aromatic rings. The third-order valence-corrected chi connectivity index (χ3v) is 7.08. The number of allylic oxidation sites excluding steroid dienone is 2. The number of methoxy groups -OCH3 is 1. The number of nitro groups is 1. The SMILES string of the molecule is COc1ccc([C@H]2C(C(C)=O)=C(C)N=c3sc(=Cc4ccc(-c5ccc([N+](=O)[O-])cc5)o4)c(=O)n32)cc1. The number of carbonyl (C=O) groups is 1. The number of non-ortho nitro benzene ring substituents is 1. The Kier molecular flexibility index (Phi) is 6.18. The third-order valence-electron chi connectivity index (χ3n) is 6.10. The second-order valence-corrected chi connectivity index (χ2v) is 9.43. The Hall–Kier alpha value is -4.57. The lowest BCUT2D eigenvalue weighted by Crippen LogP contribution is -2.39. The largest absolute Gasteiger partial charge is 0.497 e. The van der Waals surface area contributed by atoms with Crippen LogP contribution in [0.1, 0.15) is 31.2 Å². The van der Waals surface area contributed by atoms with Gasteiger partial charge in [-0.15, -0.1) is 0 Å². The van der Waals surface area contributed by atoms with Crippen LogP contribution in [0, 0.1) is 10.1 Å². The van der Waals surface area contributed by atoms with Crippen molar-refractivity contribution in [1.29, 1.82) is 0 Å². The molecule has 1 aliphatic heterocycles. The predicted octanol–water partition coefficient (Wildman–Crippen LogP) is 4.00. The average molecular weight is 516 g/mol. The highest BCUT2D eigenvalue weighted by molar-refractivity contribution is 7.07. The molecule has 1 atom stereocenters. The monoisotopic (exact) mass is 515 g/mol. The average Bonchev–Trinajstić information content (AvgIpc) is 3.47. The maximum Gasteiger partial charge on any atom is 0.271 e. The Bertz CT molecular complexity index is 1740. The molecule has 0 saturated heterocycles. The smallest absolute Gasteiger partial charge is 0.271 e. The summed E-state index contributed by atoms with van der Waals surface area (Å²) in [4.78, 5) is 41.7. The van der Waals surface area contributed by atoms with E-state index in [-0.39, 0.29) is 17.0 Å². The van der Waals surface area contributed by atoms with Crippen molar-refractivity contribution in [2.75, 3.05) is 7.11 Å². The first-order chi connectivity index (χ1) is 17.8. The van der Waals surface area contributed by atoms with E-state index in [2.05, 4.69) is 4.99 Å². The minimum absolute atomic E-state index is 0.0109. The molecular weight excluding hydrogens is 494 g/mol. The second kappa shape index (κ2) is 9.47. The lowest BCUT2D eigenvalue weighted by Gasteiger charge is -2.24. The van der Waals surface area contributed by atoms with E-state index in [4.69, 9.17) is 9.15 Å². The molecule has 0 amide bonds. The second-order valence-electron chi connectivity index (χ2n) is 8.42. The summed E-state index contributed by atoms with van der Waals surface area (Å²) < 4.78 is 13.1. The lowest BCUT2D eigenvalue weighted by atomic mass is 9.93. The van der Waals surface area contributed by atoms with Gasteiger partial charge in [-0.3, -0.25) is 24.3 Å². The fourth-order valence-electron chi connectivity index (χ4n) is 4.33. The van der Waals surface area contributed by atoms with Crippen LogP contribution in [0.3, 0.4) is 0 Å². The molecule has 0 saturated carbocycles. The summed E-state index contributed by atoms with van der Waals surface area (Å²) in [6, 6.07) is 16.1. The van der Waals surface area contributed by atoms with Crippen LogP contribution in [0.25, 0.3) is 17.4 Å². The van der Waals surface area contributed by atoms with Gasteiger partial charge in [-0.05, 0) is 55.8 Å². The van der Waals surface area contributed by atoms with E-state index in [9.17, 15) is 19.7 Å². The first-order valence-corrected chi connectivity index (χ1v) is 12.1. The number of rotatable bonds is 6. The molecule has 2 aromatic carbocycles. The van der Waals surface area contributed by atoms with Gasteiger partial charge in [0.2, 0.25) is 0 Å². The summed E-state index contributed by atoms with van der Waals surface area (Å²) in [5.41, 5.74) is 2.17. The van der Waals surface area contributed by atoms with Crippen LogP contribution in [0.5, 0.6) is 5.75 Å². The highest BCUT2D eigenvalue weighted by atomic mass is 32.1. The predicted molar refractivity (Wildman–Crippen MR) is 138 cm³/mol. The van der Waals surface area contributed by atoms with Crippen molar-refractivity contribution in [2.24, 2.45) is 4.99 Å². The van der Waals surface area contributed by atoms with Gasteiger partial charge in [0.25, 0.3) is 11.2 Å². The molecule has 0 aliphatic carbocycles. The number of nitro benzene ring substituents is 1. The third kappa shape index (κ3) is 4.43. The summed E-state index contributed by atoms with van der Waals surface area (Å²) in [6.45, 7) is 3.25. The van der Waals surface area contributed by atoms with E-state index in [0.717, 1.165) is 5.56 Å². The van der Waals surface area contributed by atoms with Gasteiger partial charge in [0, 0.05) is 35.0 Å². The number of Topliss-reactive ketones (excluding diaryl/α,β-unsaturated/α-hetero) is 1. The Morgan fingerprint density at radius 3 is 2.46 bits per heavy atom. The standard InChI is InChI=1S/C27H21N3O6S/c1-15-24(16(2)31)25(18-6-10-20(35-3)11-7-18)29-26(32)23(37-27(29)28-15)14-21-12-13-22(36-21)17-4-8-19(9-5-17)30(33)34/h4-14,25H,1-3H3/t25-/m0/s1. The Morgan fingerprint density at radius 2 is 1.84 bits per heavy atom. The van der Waals surface area contributed by atoms with E-state index in [0.29, 0.717) is 43.4 Å². The van der Waals surface area contributed by atoms with Gasteiger partial charge in [0.05, 0.1) is 22.6 Å². The molecule has 9 nitrogen and oxygen atoms in total. The Morgan fingerprint density at radius 1 is 1.14 bits per heavy atom. The fourth-order valence-corrected chi connectivity index (χ4v) is 5.36. The number of ketones is 1. The molecule has 3 heterocycles. The van der Waals surface area contributed by atoms with E-state index in [1.165, 1.54) is 30.4 Å². The van der Waals surface area contributed by atoms with Crippen molar-refractivity contribution in [3.63, 3.8) is 0 Å². The number of benzene rings is 2. The quantitative estimate of drug-likeness (QED) is 0.283. The van der Waals surface area contributed by atoms with Gasteiger partial charge in [-0.25, -0.2) is 4.99 Å². The summed E-state index contributed by atoms with van der Waals surface area (Å²) in [6.07, 6.45) is 1.64. The van der Waals surface area contributed by atoms with E-state index >= 15 is 0 Å². The first kappa shape index (κ1) is 24.1. The molecule has 1 aliphatic rings. The van der Waals surface area contributed by atoms with Gasteiger partial charge in [0.1, 0.15) is 17.3 Å². The number of carbonyl (C=O) groups excluding carboxylic acids is 1. The topological polar surface area (TPSA) is 117 Å². The van der Waals surface area contributed by atoms with Crippen LogP contribution in [-0.2, 0) is 4.79 Å². The maximum atomic E-state index is 13.6. The zero-order valence-corrected chi connectivity index (χ0v) is 20.9. The van der Waals surface area contributed by atoms with Crippen LogP contribution < -0.4 is 19.6 Å². The number of hydrogen-bond acceptors (Lipinski definition) is 8. The van der Waals surface area contributed by atoms with Gasteiger partial charge < -0.3 is 9.15 Å². The van der Waals surface area contributed by atoms with Crippen LogP contribution in [0.2, 0.25) is 0 Å². The van der Waals surface area contributed by atoms with Crippen molar-refractivity contribution < 1.29 is 18.9 Å². The Balaban J connectivity index is 1.59. The number of fused-ring (bicyclic) bond motifs is 1. The molecule has 0 radical (unpaired) electrons. The molecule has 0 spiro atoms. The minimum Gasteiger partial charge on any atom is -0.497 e. The van der Waals surface area contributed by atoms with Crippen molar-refractivity contribution in [2.45, 2.75) is 19.9 Å². The molecule has 2 aromatic heterocycles. The van der Waals surface area contributed by atoms with E-state index < -0.39 is 11.0 Å². The molecule has 0 N–H and O–H groups in total. The summed E-state index contributed by atoms with van der Waals surface area (Å²) in [5, 5.41) is 10.9. The molecule has 0 unspecified atom stereocenters.